The summed E-state index contributed by atoms with van der Waals surface area (Å²) in [5.41, 5.74) is 0.981. The molecule has 128 valence electrons. The van der Waals surface area contributed by atoms with Crippen molar-refractivity contribution in [2.45, 2.75) is 38.4 Å². The van der Waals surface area contributed by atoms with E-state index in [1.807, 2.05) is 17.1 Å². The van der Waals surface area contributed by atoms with E-state index >= 15 is 0 Å². The van der Waals surface area contributed by atoms with E-state index in [-0.39, 0.29) is 5.91 Å². The number of fused-ring (bicyclic) bond motifs is 2. The highest BCUT2D eigenvalue weighted by Crippen LogP contribution is 2.60. The SMILES string of the molecule is CC1(C)[C@H]2CC=C(CN3C[C@@]45C=C[C@H](O4)[C@@H](C(=O)O)[C@@H]5C3=O)[C@@H]1C2. The van der Waals surface area contributed by atoms with Gasteiger partial charge in [-0.15, -0.1) is 0 Å². The van der Waals surface area contributed by atoms with Crippen LogP contribution in [-0.4, -0.2) is 46.7 Å². The Hall–Kier alpha value is -1.62. The van der Waals surface area contributed by atoms with Crippen LogP contribution >= 0.6 is 0 Å². The van der Waals surface area contributed by atoms with Crippen molar-refractivity contribution >= 4 is 11.9 Å². The van der Waals surface area contributed by atoms with Crippen LogP contribution in [0, 0.1) is 29.1 Å². The molecule has 6 aliphatic rings. The van der Waals surface area contributed by atoms with E-state index in [2.05, 4.69) is 19.9 Å². The molecule has 1 spiro atoms. The molecule has 0 aromatic heterocycles. The summed E-state index contributed by atoms with van der Waals surface area (Å²) in [4.78, 5) is 26.4. The summed E-state index contributed by atoms with van der Waals surface area (Å²) < 4.78 is 5.95. The molecule has 1 amide bonds. The summed E-state index contributed by atoms with van der Waals surface area (Å²) in [6.45, 7) is 5.77. The standard InChI is InChI=1S/C19H23NO4/c1-18(2)11-4-3-10(12(18)7-11)8-20-9-19-6-5-13(24-19)14(17(22)23)15(19)16(20)21/h3,5-6,11-15H,4,7-9H2,1-2H3,(H,22,23)/t11-,12-,13-,14+,15+,19+/m0/s1. The summed E-state index contributed by atoms with van der Waals surface area (Å²) in [7, 11) is 0. The highest BCUT2D eigenvalue weighted by Gasteiger charge is 2.67. The van der Waals surface area contributed by atoms with Crippen LogP contribution in [0.5, 0.6) is 0 Å². The molecule has 4 bridgehead atoms. The lowest BCUT2D eigenvalue weighted by Crippen LogP contribution is -2.50. The van der Waals surface area contributed by atoms with Gasteiger partial charge in [-0.1, -0.05) is 37.6 Å². The van der Waals surface area contributed by atoms with Gasteiger partial charge in [0.05, 0.1) is 18.6 Å². The first-order valence-electron chi connectivity index (χ1n) is 8.91. The average molecular weight is 329 g/mol. The zero-order chi connectivity index (χ0) is 16.9. The quantitative estimate of drug-likeness (QED) is 0.803. The van der Waals surface area contributed by atoms with Gasteiger partial charge in [-0.05, 0) is 30.1 Å². The fraction of sp³-hybridized carbons (Fsp3) is 0.684. The van der Waals surface area contributed by atoms with Crippen LogP contribution in [0.2, 0.25) is 0 Å². The first kappa shape index (κ1) is 14.7. The van der Waals surface area contributed by atoms with Crippen molar-refractivity contribution in [3.05, 3.63) is 23.8 Å². The average Bonchev–Trinajstić information content (AvgIpc) is 3.16. The summed E-state index contributed by atoms with van der Waals surface area (Å²) in [6, 6.07) is 0. The first-order valence-corrected chi connectivity index (χ1v) is 8.91. The van der Waals surface area contributed by atoms with Gasteiger partial charge in [0.25, 0.3) is 0 Å². The third-order valence-electron chi connectivity index (χ3n) is 7.42. The molecule has 3 aliphatic carbocycles. The van der Waals surface area contributed by atoms with Gasteiger partial charge < -0.3 is 14.7 Å². The predicted octanol–water partition coefficient (Wildman–Crippen LogP) is 1.85. The fourth-order valence-corrected chi connectivity index (χ4v) is 5.87. The van der Waals surface area contributed by atoms with Crippen molar-refractivity contribution in [2.24, 2.45) is 29.1 Å². The van der Waals surface area contributed by atoms with Crippen LogP contribution in [0.1, 0.15) is 26.7 Å². The molecule has 2 saturated heterocycles. The van der Waals surface area contributed by atoms with Crippen molar-refractivity contribution in [1.29, 1.82) is 0 Å². The molecule has 6 atom stereocenters. The smallest absolute Gasteiger partial charge is 0.310 e. The first-order chi connectivity index (χ1) is 11.3. The summed E-state index contributed by atoms with van der Waals surface area (Å²) in [5.74, 6) is -0.934. The maximum Gasteiger partial charge on any atom is 0.310 e. The van der Waals surface area contributed by atoms with Crippen molar-refractivity contribution in [3.63, 3.8) is 0 Å². The zero-order valence-electron chi connectivity index (χ0n) is 14.1. The minimum Gasteiger partial charge on any atom is -0.481 e. The molecule has 3 fully saturated rings. The molecular formula is C19H23NO4. The van der Waals surface area contributed by atoms with Gasteiger partial charge in [0.2, 0.25) is 5.91 Å². The third-order valence-corrected chi connectivity index (χ3v) is 7.42. The monoisotopic (exact) mass is 329 g/mol. The number of allylic oxidation sites excluding steroid dienone is 1. The minimum absolute atomic E-state index is 0.0468. The van der Waals surface area contributed by atoms with Gasteiger partial charge in [-0.25, -0.2) is 0 Å². The highest BCUT2D eigenvalue weighted by molar-refractivity contribution is 5.90. The Morgan fingerprint density at radius 2 is 2.25 bits per heavy atom. The number of hydrogen-bond acceptors (Lipinski definition) is 3. The van der Waals surface area contributed by atoms with Crippen LogP contribution in [0.3, 0.4) is 0 Å². The topological polar surface area (TPSA) is 66.8 Å². The number of rotatable bonds is 3. The normalized spacial score (nSPS) is 46.8. The Labute approximate surface area is 141 Å². The molecule has 0 aromatic carbocycles. The molecule has 6 rings (SSSR count). The third kappa shape index (κ3) is 1.59. The van der Waals surface area contributed by atoms with E-state index < -0.39 is 29.5 Å². The Bertz CT molecular complexity index is 708. The molecule has 24 heavy (non-hydrogen) atoms. The van der Waals surface area contributed by atoms with E-state index in [9.17, 15) is 14.7 Å². The van der Waals surface area contributed by atoms with E-state index in [4.69, 9.17) is 4.74 Å². The molecule has 5 nitrogen and oxygen atoms in total. The lowest BCUT2D eigenvalue weighted by Gasteiger charge is -2.56. The molecule has 0 aromatic rings. The van der Waals surface area contributed by atoms with Crippen molar-refractivity contribution in [1.82, 2.24) is 4.90 Å². The summed E-state index contributed by atoms with van der Waals surface area (Å²) >= 11 is 0. The second-order valence-corrected chi connectivity index (χ2v) is 8.75. The van der Waals surface area contributed by atoms with Crippen molar-refractivity contribution in [2.75, 3.05) is 13.1 Å². The van der Waals surface area contributed by atoms with Crippen LogP contribution in [0.4, 0.5) is 0 Å². The molecule has 1 saturated carbocycles. The number of carboxylic acids is 1. The number of hydrogen-bond donors (Lipinski definition) is 1. The minimum atomic E-state index is -0.925. The fourth-order valence-electron chi connectivity index (χ4n) is 5.87. The van der Waals surface area contributed by atoms with E-state index in [1.165, 1.54) is 12.0 Å². The second kappa shape index (κ2) is 4.31. The Morgan fingerprint density at radius 3 is 2.92 bits per heavy atom. The molecular weight excluding hydrogens is 306 g/mol. The predicted molar refractivity (Wildman–Crippen MR) is 86.0 cm³/mol. The van der Waals surface area contributed by atoms with Gasteiger partial charge in [-0.2, -0.15) is 0 Å². The Morgan fingerprint density at radius 1 is 1.46 bits per heavy atom. The van der Waals surface area contributed by atoms with E-state index in [1.54, 1.807) is 0 Å². The molecule has 0 unspecified atom stereocenters. The lowest BCUT2D eigenvalue weighted by molar-refractivity contribution is -0.148. The molecule has 5 heteroatoms. The van der Waals surface area contributed by atoms with Crippen LogP contribution in [-0.2, 0) is 14.3 Å². The Balaban J connectivity index is 1.40. The number of aliphatic carboxylic acids is 1. The number of nitrogens with zero attached hydrogens (tertiary/aromatic N) is 1. The maximum absolute atomic E-state index is 13.0. The van der Waals surface area contributed by atoms with Gasteiger partial charge in [0, 0.05) is 6.54 Å². The summed E-state index contributed by atoms with van der Waals surface area (Å²) in [6.07, 6.45) is 7.95. The molecule has 0 radical (unpaired) electrons. The van der Waals surface area contributed by atoms with Crippen LogP contribution in [0.15, 0.2) is 23.8 Å². The van der Waals surface area contributed by atoms with Gasteiger partial charge in [0.15, 0.2) is 0 Å². The van der Waals surface area contributed by atoms with E-state index in [0.29, 0.717) is 24.4 Å². The molecule has 3 heterocycles. The number of likely N-dealkylation sites (tertiary alicyclic amines) is 1. The number of carbonyl (C=O) groups excluding carboxylic acids is 1. The van der Waals surface area contributed by atoms with Crippen LogP contribution < -0.4 is 0 Å². The highest BCUT2D eigenvalue weighted by atomic mass is 16.5. The van der Waals surface area contributed by atoms with Crippen molar-refractivity contribution < 1.29 is 19.4 Å². The van der Waals surface area contributed by atoms with Gasteiger partial charge in [0.1, 0.15) is 11.5 Å². The number of amides is 1. The summed E-state index contributed by atoms with van der Waals surface area (Å²) in [5, 5.41) is 9.53. The lowest BCUT2D eigenvalue weighted by atomic mass is 9.49. The maximum atomic E-state index is 13.0. The number of carbonyl (C=O) groups is 2. The second-order valence-electron chi connectivity index (χ2n) is 8.75. The molecule has 1 N–H and O–H groups in total. The Kier molecular flexibility index (Phi) is 2.64. The van der Waals surface area contributed by atoms with Crippen molar-refractivity contribution in [3.8, 4) is 0 Å². The van der Waals surface area contributed by atoms with Gasteiger partial charge in [-0.3, -0.25) is 9.59 Å². The largest absolute Gasteiger partial charge is 0.481 e. The number of carboxylic acid groups (broad SMARTS) is 1. The zero-order valence-corrected chi connectivity index (χ0v) is 14.1. The molecule has 3 aliphatic heterocycles. The number of ether oxygens (including phenoxy) is 1. The van der Waals surface area contributed by atoms with E-state index in [0.717, 1.165) is 12.3 Å². The van der Waals surface area contributed by atoms with Gasteiger partial charge >= 0.3 is 5.97 Å². The van der Waals surface area contributed by atoms with Crippen LogP contribution in [0.25, 0.3) is 0 Å².